The Hall–Kier alpha value is -3.35. The van der Waals surface area contributed by atoms with Crippen molar-refractivity contribution in [1.29, 1.82) is 0 Å². The zero-order valence-corrected chi connectivity index (χ0v) is 25.2. The number of hydrogen-bond donors (Lipinski definition) is 1. The van der Waals surface area contributed by atoms with Gasteiger partial charge in [0, 0.05) is 24.0 Å². The summed E-state index contributed by atoms with van der Waals surface area (Å²) in [5, 5.41) is 5.92. The second-order valence-corrected chi connectivity index (χ2v) is 11.8. The first-order chi connectivity index (χ1) is 20.0. The van der Waals surface area contributed by atoms with E-state index >= 15 is 0 Å². The summed E-state index contributed by atoms with van der Waals surface area (Å²) in [6, 6.07) is 28.5. The molecule has 0 bridgehead atoms. The monoisotopic (exact) mass is 632 g/mol. The second kappa shape index (κ2) is 14.0. The van der Waals surface area contributed by atoms with Crippen molar-refractivity contribution < 1.29 is 14.3 Å². The van der Waals surface area contributed by atoms with Crippen LogP contribution in [-0.4, -0.2) is 35.4 Å². The highest BCUT2D eigenvalue weighted by Gasteiger charge is 2.32. The molecule has 1 atom stereocenters. The summed E-state index contributed by atoms with van der Waals surface area (Å²) < 4.78 is 6.88. The van der Waals surface area contributed by atoms with Gasteiger partial charge in [0.25, 0.3) is 5.91 Å². The number of nitrogens with zero attached hydrogens (tertiary/aromatic N) is 1. The first-order valence-corrected chi connectivity index (χ1v) is 15.3. The molecule has 0 heterocycles. The minimum absolute atomic E-state index is 0.127. The largest absolute Gasteiger partial charge is 0.483 e. The van der Waals surface area contributed by atoms with E-state index in [4.69, 9.17) is 16.3 Å². The Balaban J connectivity index is 1.43. The van der Waals surface area contributed by atoms with Gasteiger partial charge >= 0.3 is 0 Å². The molecule has 1 aliphatic carbocycles. The van der Waals surface area contributed by atoms with Crippen molar-refractivity contribution in [2.24, 2.45) is 0 Å². The van der Waals surface area contributed by atoms with E-state index < -0.39 is 6.04 Å². The van der Waals surface area contributed by atoms with Gasteiger partial charge < -0.3 is 15.0 Å². The maximum atomic E-state index is 14.0. The molecule has 5 nitrogen and oxygen atoms in total. The summed E-state index contributed by atoms with van der Waals surface area (Å²) >= 11 is 9.96. The van der Waals surface area contributed by atoms with Crippen LogP contribution in [0, 0.1) is 0 Å². The topological polar surface area (TPSA) is 58.6 Å². The smallest absolute Gasteiger partial charge is 0.261 e. The molecule has 0 aliphatic heterocycles. The quantitative estimate of drug-likeness (QED) is 0.195. The fraction of sp³-hybridized carbons (Fsp3) is 0.294. The summed E-state index contributed by atoms with van der Waals surface area (Å²) in [6.07, 6.45) is 5.73. The molecule has 212 valence electrons. The number of fused-ring (bicyclic) bond motifs is 1. The molecule has 4 aromatic rings. The lowest BCUT2D eigenvalue weighted by Crippen LogP contribution is -2.53. The highest BCUT2D eigenvalue weighted by molar-refractivity contribution is 9.10. The van der Waals surface area contributed by atoms with E-state index in [0.29, 0.717) is 17.2 Å². The third kappa shape index (κ3) is 7.69. The van der Waals surface area contributed by atoms with Crippen LogP contribution in [-0.2, 0) is 22.6 Å². The van der Waals surface area contributed by atoms with Crippen molar-refractivity contribution in [3.8, 4) is 5.75 Å². The number of benzene rings is 4. The lowest BCUT2D eigenvalue weighted by atomic mass is 9.94. The number of amides is 2. The summed E-state index contributed by atoms with van der Waals surface area (Å²) in [6.45, 7) is 0.0245. The molecule has 0 saturated heterocycles. The normalized spacial score (nSPS) is 14.4. The van der Waals surface area contributed by atoms with Crippen molar-refractivity contribution >= 4 is 50.1 Å². The lowest BCUT2D eigenvalue weighted by molar-refractivity contribution is -0.143. The van der Waals surface area contributed by atoms with Crippen LogP contribution < -0.4 is 10.1 Å². The Labute approximate surface area is 255 Å². The number of carbonyl (C=O) groups is 2. The summed E-state index contributed by atoms with van der Waals surface area (Å²) in [5.74, 6) is 0.166. The van der Waals surface area contributed by atoms with Crippen LogP contribution in [0.1, 0.15) is 43.2 Å². The van der Waals surface area contributed by atoms with E-state index in [-0.39, 0.29) is 31.0 Å². The van der Waals surface area contributed by atoms with Crippen LogP contribution in [0.3, 0.4) is 0 Å². The summed E-state index contributed by atoms with van der Waals surface area (Å²) in [4.78, 5) is 29.5. The number of rotatable bonds is 10. The molecule has 5 rings (SSSR count). The maximum Gasteiger partial charge on any atom is 0.261 e. The highest BCUT2D eigenvalue weighted by Crippen LogP contribution is 2.33. The van der Waals surface area contributed by atoms with Crippen molar-refractivity contribution in [2.45, 2.75) is 57.2 Å². The lowest BCUT2D eigenvalue weighted by Gasteiger charge is -2.33. The minimum Gasteiger partial charge on any atom is -0.483 e. The predicted octanol–water partition coefficient (Wildman–Crippen LogP) is 7.72. The average Bonchev–Trinajstić information content (AvgIpc) is 2.99. The molecule has 0 unspecified atom stereocenters. The van der Waals surface area contributed by atoms with Gasteiger partial charge in [-0.3, -0.25) is 9.59 Å². The maximum absolute atomic E-state index is 14.0. The van der Waals surface area contributed by atoms with Gasteiger partial charge in [-0.15, -0.1) is 0 Å². The molecule has 1 saturated carbocycles. The number of ether oxygens (including phenoxy) is 1. The first kappa shape index (κ1) is 29.2. The van der Waals surface area contributed by atoms with E-state index in [2.05, 4.69) is 21.2 Å². The summed E-state index contributed by atoms with van der Waals surface area (Å²) in [7, 11) is 0. The van der Waals surface area contributed by atoms with E-state index in [1.165, 1.54) is 6.42 Å². The second-order valence-electron chi connectivity index (χ2n) is 10.6. The molecule has 4 aromatic carbocycles. The Morgan fingerprint density at radius 3 is 2.41 bits per heavy atom. The number of hydrogen-bond acceptors (Lipinski definition) is 3. The average molecular weight is 634 g/mol. The van der Waals surface area contributed by atoms with Crippen molar-refractivity contribution in [3.05, 3.63) is 112 Å². The van der Waals surface area contributed by atoms with Gasteiger partial charge in [-0.05, 0) is 68.9 Å². The standard InChI is InChI=1S/C34H34BrClN2O3/c35-33-29-17-8-7-13-26(29)18-19-31(33)41-23-32(39)38(22-25-12-9-14-27(36)20-25)30(21-24-10-3-1-4-11-24)34(40)37-28-15-5-2-6-16-28/h1,3-4,7-14,17-20,28,30H,2,5-6,15-16,21-23H2,(H,37,40)/t30-/m0/s1. The van der Waals surface area contributed by atoms with E-state index in [9.17, 15) is 9.59 Å². The molecule has 0 aromatic heterocycles. The van der Waals surface area contributed by atoms with Crippen LogP contribution in [0.5, 0.6) is 5.75 Å². The van der Waals surface area contributed by atoms with Gasteiger partial charge in [-0.2, -0.15) is 0 Å². The molecular weight excluding hydrogens is 600 g/mol. The van der Waals surface area contributed by atoms with Crippen LogP contribution in [0.25, 0.3) is 10.8 Å². The molecular formula is C34H34BrClN2O3. The molecule has 2 amide bonds. The Morgan fingerprint density at radius 2 is 1.63 bits per heavy atom. The van der Waals surface area contributed by atoms with E-state index in [0.717, 1.165) is 52.1 Å². The fourth-order valence-electron chi connectivity index (χ4n) is 5.48. The van der Waals surface area contributed by atoms with Gasteiger partial charge in [0.15, 0.2) is 6.61 Å². The van der Waals surface area contributed by atoms with Gasteiger partial charge in [0.2, 0.25) is 5.91 Å². The minimum atomic E-state index is -0.713. The van der Waals surface area contributed by atoms with Crippen LogP contribution >= 0.6 is 27.5 Å². The van der Waals surface area contributed by atoms with Gasteiger partial charge in [0.1, 0.15) is 11.8 Å². The SMILES string of the molecule is O=C(NC1CCCCC1)[C@H](Cc1ccccc1)N(Cc1cccc(Cl)c1)C(=O)COc1ccc2ccccc2c1Br. The zero-order valence-electron chi connectivity index (χ0n) is 22.9. The first-order valence-electron chi connectivity index (χ1n) is 14.2. The van der Waals surface area contributed by atoms with Crippen LogP contribution in [0.15, 0.2) is 95.5 Å². The highest BCUT2D eigenvalue weighted by atomic mass is 79.9. The molecule has 7 heteroatoms. The zero-order chi connectivity index (χ0) is 28.6. The Bertz CT molecular complexity index is 1490. The molecule has 0 radical (unpaired) electrons. The molecule has 41 heavy (non-hydrogen) atoms. The van der Waals surface area contributed by atoms with Crippen LogP contribution in [0.4, 0.5) is 0 Å². The molecule has 1 fully saturated rings. The third-order valence-corrected chi connectivity index (χ3v) is 8.70. The number of halogens is 2. The Kier molecular flexibility index (Phi) is 9.97. The van der Waals surface area contributed by atoms with Gasteiger partial charge in [-0.1, -0.05) is 104 Å². The van der Waals surface area contributed by atoms with E-state index in [1.807, 2.05) is 84.9 Å². The van der Waals surface area contributed by atoms with Crippen molar-refractivity contribution in [2.75, 3.05) is 6.61 Å². The fourth-order valence-corrected chi connectivity index (χ4v) is 6.30. The summed E-state index contributed by atoms with van der Waals surface area (Å²) in [5.41, 5.74) is 1.83. The number of nitrogens with one attached hydrogen (secondary N) is 1. The van der Waals surface area contributed by atoms with Gasteiger partial charge in [0.05, 0.1) is 4.47 Å². The van der Waals surface area contributed by atoms with Gasteiger partial charge in [-0.25, -0.2) is 0 Å². The number of carbonyl (C=O) groups excluding carboxylic acids is 2. The third-order valence-electron chi connectivity index (χ3n) is 7.64. The van der Waals surface area contributed by atoms with Crippen LogP contribution in [0.2, 0.25) is 5.02 Å². The van der Waals surface area contributed by atoms with E-state index in [1.54, 1.807) is 11.0 Å². The molecule has 1 N–H and O–H groups in total. The predicted molar refractivity (Wildman–Crippen MR) is 168 cm³/mol. The van der Waals surface area contributed by atoms with Crippen molar-refractivity contribution in [3.63, 3.8) is 0 Å². The Morgan fingerprint density at radius 1 is 0.902 bits per heavy atom. The van der Waals surface area contributed by atoms with Crippen molar-refractivity contribution in [1.82, 2.24) is 10.2 Å². The molecule has 0 spiro atoms. The molecule has 1 aliphatic rings.